The first-order valence-corrected chi connectivity index (χ1v) is 15.2. The predicted octanol–water partition coefficient (Wildman–Crippen LogP) is 6.74. The number of thiophene rings is 1. The number of nitrogens with zero attached hydrogens (tertiary/aromatic N) is 1. The third-order valence-electron chi connectivity index (χ3n) is 8.35. The van der Waals surface area contributed by atoms with Crippen LogP contribution in [-0.4, -0.2) is 49.9 Å². The van der Waals surface area contributed by atoms with Crippen LogP contribution < -0.4 is 4.90 Å². The van der Waals surface area contributed by atoms with Crippen LogP contribution in [0, 0.1) is 23.2 Å². The molecule has 4 rings (SSSR count). The summed E-state index contributed by atoms with van der Waals surface area (Å²) in [7, 11) is 1.40. The Labute approximate surface area is 232 Å². The molecule has 1 saturated heterocycles. The van der Waals surface area contributed by atoms with Gasteiger partial charge in [-0.1, -0.05) is 31.1 Å². The fourth-order valence-electron chi connectivity index (χ4n) is 6.62. The van der Waals surface area contributed by atoms with Crippen molar-refractivity contribution in [1.82, 2.24) is 0 Å². The third-order valence-corrected chi connectivity index (χ3v) is 9.37. The summed E-state index contributed by atoms with van der Waals surface area (Å²) in [5, 5.41) is 0. The maximum absolute atomic E-state index is 13.5. The Balaban J connectivity index is 1.64. The summed E-state index contributed by atoms with van der Waals surface area (Å²) in [6.07, 6.45) is 12.0. The highest BCUT2D eigenvalue weighted by Gasteiger charge is 2.48. The lowest BCUT2D eigenvalue weighted by Gasteiger charge is -2.52. The van der Waals surface area contributed by atoms with E-state index in [0.29, 0.717) is 22.6 Å². The molecule has 1 amide bonds. The van der Waals surface area contributed by atoms with Crippen LogP contribution >= 0.6 is 11.3 Å². The van der Waals surface area contributed by atoms with Crippen molar-refractivity contribution in [2.24, 2.45) is 11.3 Å². The van der Waals surface area contributed by atoms with Gasteiger partial charge in [-0.25, -0.2) is 4.79 Å². The first-order valence-electron chi connectivity index (χ1n) is 14.4. The van der Waals surface area contributed by atoms with Crippen molar-refractivity contribution in [2.75, 3.05) is 25.2 Å². The number of amides is 1. The van der Waals surface area contributed by atoms with Crippen LogP contribution in [0.4, 0.5) is 5.69 Å². The minimum atomic E-state index is -0.403. The molecule has 1 aromatic heterocycles. The Hall–Kier alpha value is -1.88. The molecular formula is C31H45NO5S. The zero-order chi connectivity index (χ0) is 27.3. The zero-order valence-corrected chi connectivity index (χ0v) is 24.7. The molecule has 6 nitrogen and oxygen atoms in total. The molecule has 0 unspecified atom stereocenters. The number of hydrogen-bond acceptors (Lipinski definition) is 6. The van der Waals surface area contributed by atoms with Gasteiger partial charge in [0.25, 0.3) is 0 Å². The van der Waals surface area contributed by atoms with Gasteiger partial charge >= 0.3 is 5.97 Å². The van der Waals surface area contributed by atoms with Gasteiger partial charge in [-0.3, -0.25) is 4.79 Å². The molecule has 0 radical (unpaired) electrons. The van der Waals surface area contributed by atoms with Gasteiger partial charge in [0.2, 0.25) is 5.91 Å². The number of rotatable bonds is 6. The van der Waals surface area contributed by atoms with Crippen LogP contribution in [0.25, 0.3) is 0 Å². The monoisotopic (exact) mass is 543 g/mol. The van der Waals surface area contributed by atoms with E-state index in [1.807, 2.05) is 11.0 Å². The van der Waals surface area contributed by atoms with Crippen molar-refractivity contribution in [2.45, 2.75) is 116 Å². The normalized spacial score (nSPS) is 24.2. The minimum absolute atomic E-state index is 0.00855. The van der Waals surface area contributed by atoms with Crippen molar-refractivity contribution >= 4 is 28.9 Å². The van der Waals surface area contributed by atoms with Gasteiger partial charge in [0.15, 0.2) is 0 Å². The van der Waals surface area contributed by atoms with Crippen molar-refractivity contribution in [3.63, 3.8) is 0 Å². The van der Waals surface area contributed by atoms with Gasteiger partial charge in [-0.15, -0.1) is 11.3 Å². The Kier molecular flexibility index (Phi) is 9.60. The highest BCUT2D eigenvalue weighted by atomic mass is 32.1. The second kappa shape index (κ2) is 12.5. The number of methoxy groups -OCH3 is 1. The third kappa shape index (κ3) is 6.81. The van der Waals surface area contributed by atoms with Crippen molar-refractivity contribution in [3.8, 4) is 11.8 Å². The zero-order valence-electron chi connectivity index (χ0n) is 23.9. The molecule has 0 aromatic carbocycles. The Morgan fingerprint density at radius 2 is 1.66 bits per heavy atom. The number of carbonyl (C=O) groups is 2. The number of ether oxygens (including phenoxy) is 3. The fourth-order valence-corrected chi connectivity index (χ4v) is 7.53. The summed E-state index contributed by atoms with van der Waals surface area (Å²) in [5.74, 6) is 6.49. The number of esters is 1. The molecule has 1 aromatic rings. The van der Waals surface area contributed by atoms with E-state index in [9.17, 15) is 9.59 Å². The number of anilines is 1. The lowest BCUT2D eigenvalue weighted by atomic mass is 9.66. The summed E-state index contributed by atoms with van der Waals surface area (Å²) in [4.78, 5) is 29.7. The second-order valence-electron chi connectivity index (χ2n) is 12.3. The van der Waals surface area contributed by atoms with Crippen LogP contribution in [0.1, 0.15) is 113 Å². The van der Waals surface area contributed by atoms with E-state index in [1.54, 1.807) is 6.92 Å². The van der Waals surface area contributed by atoms with Crippen molar-refractivity contribution < 1.29 is 23.8 Å². The summed E-state index contributed by atoms with van der Waals surface area (Å²) >= 11 is 1.34. The lowest BCUT2D eigenvalue weighted by Crippen LogP contribution is -2.58. The molecule has 38 heavy (non-hydrogen) atoms. The highest BCUT2D eigenvalue weighted by Crippen LogP contribution is 2.49. The fraction of sp³-hybridized carbons (Fsp3) is 0.742. The molecule has 3 fully saturated rings. The van der Waals surface area contributed by atoms with Gasteiger partial charge in [0, 0.05) is 25.6 Å². The molecule has 0 bridgehead atoms. The van der Waals surface area contributed by atoms with Gasteiger partial charge < -0.3 is 19.1 Å². The Morgan fingerprint density at radius 3 is 2.24 bits per heavy atom. The maximum atomic E-state index is 13.5. The van der Waals surface area contributed by atoms with Gasteiger partial charge in [-0.05, 0) is 84.1 Å². The van der Waals surface area contributed by atoms with Crippen LogP contribution in [0.15, 0.2) is 6.07 Å². The maximum Gasteiger partial charge on any atom is 0.350 e. The van der Waals surface area contributed by atoms with E-state index in [-0.39, 0.29) is 23.0 Å². The molecule has 0 N–H and O–H groups in total. The summed E-state index contributed by atoms with van der Waals surface area (Å²) < 4.78 is 17.2. The van der Waals surface area contributed by atoms with Gasteiger partial charge in [0.05, 0.1) is 35.4 Å². The largest absolute Gasteiger partial charge is 0.465 e. The van der Waals surface area contributed by atoms with Crippen LogP contribution in [0.3, 0.4) is 0 Å². The summed E-state index contributed by atoms with van der Waals surface area (Å²) in [5.41, 5.74) is 0.216. The molecule has 3 aliphatic rings. The lowest BCUT2D eigenvalue weighted by molar-refractivity contribution is -0.119. The van der Waals surface area contributed by atoms with Crippen molar-refractivity contribution in [1.29, 1.82) is 0 Å². The molecule has 0 atom stereocenters. The van der Waals surface area contributed by atoms with E-state index >= 15 is 0 Å². The van der Waals surface area contributed by atoms with E-state index in [2.05, 4.69) is 32.6 Å². The van der Waals surface area contributed by atoms with Crippen LogP contribution in [0.5, 0.6) is 0 Å². The van der Waals surface area contributed by atoms with E-state index in [1.165, 1.54) is 24.9 Å². The smallest absolute Gasteiger partial charge is 0.350 e. The second-order valence-corrected chi connectivity index (χ2v) is 13.3. The Bertz CT molecular complexity index is 1020. The standard InChI is InChI=1S/C31H45NO5S/c1-22(33)32(27-21-26(13-18-30(2,3)4)38-28(27)29(34)35-5)31(16-7-6-8-17-31)23-9-11-24(12-10-23)37-25-14-19-36-20-15-25/h21,23-25H,6-12,14-17,19-20H2,1-5H3. The first-order chi connectivity index (χ1) is 18.1. The topological polar surface area (TPSA) is 65.1 Å². The summed E-state index contributed by atoms with van der Waals surface area (Å²) in [6.45, 7) is 9.43. The molecule has 1 aliphatic heterocycles. The predicted molar refractivity (Wildman–Crippen MR) is 152 cm³/mol. The highest BCUT2D eigenvalue weighted by molar-refractivity contribution is 7.15. The molecule has 0 spiro atoms. The molecule has 210 valence electrons. The molecule has 7 heteroatoms. The van der Waals surface area contributed by atoms with E-state index < -0.39 is 5.97 Å². The quantitative estimate of drug-likeness (QED) is 0.294. The van der Waals surface area contributed by atoms with Crippen LogP contribution in [-0.2, 0) is 19.0 Å². The number of hydrogen-bond donors (Lipinski definition) is 0. The van der Waals surface area contributed by atoms with E-state index in [0.717, 1.165) is 82.3 Å². The molecule has 2 heterocycles. The average Bonchev–Trinajstić information content (AvgIpc) is 3.31. The van der Waals surface area contributed by atoms with Gasteiger partial charge in [-0.2, -0.15) is 0 Å². The molecular weight excluding hydrogens is 498 g/mol. The Morgan fingerprint density at radius 1 is 1.03 bits per heavy atom. The van der Waals surface area contributed by atoms with E-state index in [4.69, 9.17) is 14.2 Å². The number of carbonyl (C=O) groups excluding carboxylic acids is 2. The van der Waals surface area contributed by atoms with Crippen LogP contribution in [0.2, 0.25) is 0 Å². The SMILES string of the molecule is COC(=O)c1sc(C#CC(C)(C)C)cc1N(C(C)=O)C1(C2CCC(OC3CCOCC3)CC2)CCCCC1. The average molecular weight is 544 g/mol. The summed E-state index contributed by atoms with van der Waals surface area (Å²) in [6, 6.07) is 1.95. The molecule has 2 aliphatic carbocycles. The van der Waals surface area contributed by atoms with Gasteiger partial charge in [0.1, 0.15) is 4.88 Å². The first kappa shape index (κ1) is 29.1. The molecule has 2 saturated carbocycles. The minimum Gasteiger partial charge on any atom is -0.465 e. The van der Waals surface area contributed by atoms with Crippen molar-refractivity contribution in [3.05, 3.63) is 15.8 Å².